The summed E-state index contributed by atoms with van der Waals surface area (Å²) >= 11 is 6.00. The van der Waals surface area contributed by atoms with Crippen LogP contribution >= 0.6 is 12.2 Å². The van der Waals surface area contributed by atoms with Crippen LogP contribution in [0, 0.1) is 5.82 Å². The molecule has 10 heteroatoms. The van der Waals surface area contributed by atoms with E-state index in [-0.39, 0.29) is 16.5 Å². The first-order chi connectivity index (χ1) is 17.7. The van der Waals surface area contributed by atoms with Gasteiger partial charge in [0.25, 0.3) is 0 Å². The number of aromatic hydroxyl groups is 1. The Balaban J connectivity index is 1.72. The summed E-state index contributed by atoms with van der Waals surface area (Å²) < 4.78 is 37.1. The molecule has 4 aromatic rings. The summed E-state index contributed by atoms with van der Waals surface area (Å²) in [6.07, 6.45) is 3.41. The number of phenols is 1. The summed E-state index contributed by atoms with van der Waals surface area (Å²) in [7, 11) is -3.86. The lowest BCUT2D eigenvalue weighted by Gasteiger charge is -2.34. The number of phenolic OH excluding ortho intramolecular Hbond substituents is 1. The maximum atomic E-state index is 13.5. The fourth-order valence-electron chi connectivity index (χ4n) is 3.75. The van der Waals surface area contributed by atoms with Crippen LogP contribution in [0.4, 0.5) is 10.1 Å². The van der Waals surface area contributed by atoms with Gasteiger partial charge in [-0.2, -0.15) is 0 Å². The Kier molecular flexibility index (Phi) is 8.12. The van der Waals surface area contributed by atoms with Crippen molar-refractivity contribution in [2.75, 3.05) is 4.90 Å². The van der Waals surface area contributed by atoms with Gasteiger partial charge in [0.05, 0.1) is 11.4 Å². The molecule has 0 aliphatic heterocycles. The third-order valence-corrected chi connectivity index (χ3v) is 7.07. The zero-order valence-corrected chi connectivity index (χ0v) is 21.4. The monoisotopic (exact) mass is 536 g/mol. The van der Waals surface area contributed by atoms with Crippen molar-refractivity contribution in [2.24, 2.45) is 5.14 Å². The molecule has 0 saturated carbocycles. The van der Waals surface area contributed by atoms with Crippen LogP contribution in [-0.2, 0) is 29.7 Å². The number of pyridine rings is 1. The zero-order chi connectivity index (χ0) is 26.4. The fourth-order valence-corrected chi connectivity index (χ4v) is 4.56. The molecule has 7 nitrogen and oxygen atoms in total. The van der Waals surface area contributed by atoms with Crippen molar-refractivity contribution >= 4 is 33.0 Å². The van der Waals surface area contributed by atoms with Crippen LogP contribution in [0.5, 0.6) is 5.75 Å². The molecule has 0 radical (unpaired) electrons. The minimum absolute atomic E-state index is 0.00768. The molecule has 0 unspecified atom stereocenters. The fraction of sp³-hybridized carbons (Fsp3) is 0.111. The van der Waals surface area contributed by atoms with Crippen LogP contribution in [0.1, 0.15) is 16.7 Å². The number of nitrogens with two attached hydrogens (primary N) is 1. The molecule has 1 aromatic heterocycles. The molecule has 0 saturated heterocycles. The Hall–Kier alpha value is -3.86. The zero-order valence-electron chi connectivity index (χ0n) is 19.7. The average molecular weight is 537 g/mol. The number of benzene rings is 3. The van der Waals surface area contributed by atoms with Crippen molar-refractivity contribution in [2.45, 2.75) is 24.5 Å². The van der Waals surface area contributed by atoms with Crippen molar-refractivity contribution in [3.8, 4) is 5.75 Å². The SMILES string of the molecule is NS(=O)(=O)c1ccc(N(Cc2ccc(O)cc2)C(=S)N(Cc2ccncc2)Cc2ccc(F)cc2)cc1. The van der Waals surface area contributed by atoms with Gasteiger partial charge in [-0.25, -0.2) is 17.9 Å². The maximum Gasteiger partial charge on any atom is 0.238 e. The smallest absolute Gasteiger partial charge is 0.238 e. The number of sulfonamides is 1. The number of primary sulfonamides is 1. The third-order valence-electron chi connectivity index (χ3n) is 5.66. The van der Waals surface area contributed by atoms with Crippen molar-refractivity contribution in [3.63, 3.8) is 0 Å². The van der Waals surface area contributed by atoms with Gasteiger partial charge in [-0.3, -0.25) is 4.98 Å². The van der Waals surface area contributed by atoms with Crippen LogP contribution in [0.15, 0.2) is 102 Å². The highest BCUT2D eigenvalue weighted by atomic mass is 32.2. The normalized spacial score (nSPS) is 11.2. The Morgan fingerprint density at radius 2 is 1.32 bits per heavy atom. The van der Waals surface area contributed by atoms with Gasteiger partial charge in [-0.15, -0.1) is 0 Å². The number of halogens is 1. The highest BCUT2D eigenvalue weighted by Crippen LogP contribution is 2.24. The summed E-state index contributed by atoms with van der Waals surface area (Å²) in [5.41, 5.74) is 3.38. The number of anilines is 1. The van der Waals surface area contributed by atoms with Crippen molar-refractivity contribution in [1.82, 2.24) is 9.88 Å². The van der Waals surface area contributed by atoms with E-state index in [4.69, 9.17) is 17.4 Å². The largest absolute Gasteiger partial charge is 0.508 e. The van der Waals surface area contributed by atoms with Crippen LogP contribution in [0.3, 0.4) is 0 Å². The second-order valence-electron chi connectivity index (χ2n) is 8.41. The van der Waals surface area contributed by atoms with E-state index in [1.165, 1.54) is 24.3 Å². The summed E-state index contributed by atoms with van der Waals surface area (Å²) in [6, 6.07) is 22.9. The van der Waals surface area contributed by atoms with E-state index in [0.29, 0.717) is 30.4 Å². The van der Waals surface area contributed by atoms with Crippen molar-refractivity contribution in [1.29, 1.82) is 0 Å². The van der Waals surface area contributed by atoms with E-state index in [1.807, 2.05) is 21.9 Å². The van der Waals surface area contributed by atoms with Gasteiger partial charge in [0.15, 0.2) is 5.11 Å². The summed E-state index contributed by atoms with van der Waals surface area (Å²) in [5, 5.41) is 15.5. The molecule has 4 rings (SSSR count). The number of hydrogen-bond donors (Lipinski definition) is 2. The number of thiocarbonyl (C=S) groups is 1. The average Bonchev–Trinajstić information content (AvgIpc) is 2.89. The van der Waals surface area contributed by atoms with Crippen LogP contribution in [-0.4, -0.2) is 28.5 Å². The lowest BCUT2D eigenvalue weighted by atomic mass is 10.1. The van der Waals surface area contributed by atoms with Crippen LogP contribution in [0.25, 0.3) is 0 Å². The predicted octanol–water partition coefficient (Wildman–Crippen LogP) is 4.57. The standard InChI is InChI=1S/C27H25FN4O3S2/c28-23-5-1-20(2-6-23)17-31(18-22-13-15-30-16-14-22)27(36)32(19-21-3-9-25(33)10-4-21)24-7-11-26(12-8-24)37(29,34)35/h1-16,33H,17-19H2,(H2,29,34,35). The van der Waals surface area contributed by atoms with E-state index >= 15 is 0 Å². The van der Waals surface area contributed by atoms with E-state index in [1.54, 1.807) is 60.9 Å². The van der Waals surface area contributed by atoms with E-state index in [9.17, 15) is 17.9 Å². The molecule has 0 fully saturated rings. The van der Waals surface area contributed by atoms with Crippen LogP contribution < -0.4 is 10.0 Å². The summed E-state index contributed by atoms with van der Waals surface area (Å²) in [4.78, 5) is 7.93. The second kappa shape index (κ2) is 11.5. The molecule has 0 bridgehead atoms. The molecule has 3 aromatic carbocycles. The third kappa shape index (κ3) is 7.10. The predicted molar refractivity (Wildman–Crippen MR) is 145 cm³/mol. The van der Waals surface area contributed by atoms with Crippen molar-refractivity contribution < 1.29 is 17.9 Å². The molecule has 0 amide bonds. The number of hydrogen-bond acceptors (Lipinski definition) is 5. The first kappa shape index (κ1) is 26.2. The molecule has 0 aliphatic carbocycles. The minimum Gasteiger partial charge on any atom is -0.508 e. The Bertz CT molecular complexity index is 1450. The number of aromatic nitrogens is 1. The highest BCUT2D eigenvalue weighted by molar-refractivity contribution is 7.89. The van der Waals surface area contributed by atoms with E-state index in [0.717, 1.165) is 16.7 Å². The van der Waals surface area contributed by atoms with Gasteiger partial charge in [0, 0.05) is 31.2 Å². The summed E-state index contributed by atoms with van der Waals surface area (Å²) in [6.45, 7) is 1.22. The van der Waals surface area contributed by atoms with Gasteiger partial charge in [0.2, 0.25) is 10.0 Å². The maximum absolute atomic E-state index is 13.5. The molecule has 0 atom stereocenters. The lowest BCUT2D eigenvalue weighted by Crippen LogP contribution is -2.42. The lowest BCUT2D eigenvalue weighted by molar-refractivity contribution is 0.405. The number of nitrogens with zero attached hydrogens (tertiary/aromatic N) is 3. The van der Waals surface area contributed by atoms with Crippen molar-refractivity contribution in [3.05, 3.63) is 120 Å². The molecule has 0 spiro atoms. The quantitative estimate of drug-likeness (QED) is 0.318. The first-order valence-electron chi connectivity index (χ1n) is 11.3. The molecule has 3 N–H and O–H groups in total. The van der Waals surface area contributed by atoms with Gasteiger partial charge in [0.1, 0.15) is 11.6 Å². The molecular formula is C27H25FN4O3S2. The van der Waals surface area contributed by atoms with Gasteiger partial charge < -0.3 is 14.9 Å². The van der Waals surface area contributed by atoms with Gasteiger partial charge in [-0.05, 0) is 89.6 Å². The van der Waals surface area contributed by atoms with E-state index in [2.05, 4.69) is 4.98 Å². The van der Waals surface area contributed by atoms with Crippen LogP contribution in [0.2, 0.25) is 0 Å². The number of rotatable bonds is 8. The second-order valence-corrected chi connectivity index (χ2v) is 10.3. The highest BCUT2D eigenvalue weighted by Gasteiger charge is 2.21. The summed E-state index contributed by atoms with van der Waals surface area (Å²) in [5.74, 6) is -0.179. The van der Waals surface area contributed by atoms with Gasteiger partial charge in [-0.1, -0.05) is 24.3 Å². The Labute approximate surface area is 220 Å². The topological polar surface area (TPSA) is 99.8 Å². The Morgan fingerprint density at radius 1 is 0.811 bits per heavy atom. The molecule has 1 heterocycles. The molecule has 37 heavy (non-hydrogen) atoms. The van der Waals surface area contributed by atoms with Gasteiger partial charge >= 0.3 is 0 Å². The molecule has 0 aliphatic rings. The minimum atomic E-state index is -3.86. The first-order valence-corrected chi connectivity index (χ1v) is 13.2. The molecule has 190 valence electrons. The van der Waals surface area contributed by atoms with E-state index < -0.39 is 10.0 Å². The molecular weight excluding hydrogens is 511 g/mol. The Morgan fingerprint density at radius 3 is 1.89 bits per heavy atom.